The molecule has 1 saturated heterocycles. The number of fused-ring (bicyclic) bond motifs is 1. The van der Waals surface area contributed by atoms with E-state index in [9.17, 15) is 0 Å². The molecular weight excluding hydrogens is 366 g/mol. The third kappa shape index (κ3) is 3.83. The molecule has 0 bridgehead atoms. The fourth-order valence-corrected chi connectivity index (χ4v) is 3.30. The number of para-hydroxylation sites is 2. The van der Waals surface area contributed by atoms with E-state index in [4.69, 9.17) is 14.7 Å². The van der Waals surface area contributed by atoms with Gasteiger partial charge in [-0.25, -0.2) is 4.98 Å². The molecule has 0 spiro atoms. The van der Waals surface area contributed by atoms with Crippen LogP contribution in [0.5, 0.6) is 0 Å². The molecule has 5 rings (SSSR count). The van der Waals surface area contributed by atoms with E-state index < -0.39 is 0 Å². The van der Waals surface area contributed by atoms with Crippen LogP contribution in [0, 0.1) is 0 Å². The number of H-pyrrole nitrogens is 1. The van der Waals surface area contributed by atoms with E-state index in [-0.39, 0.29) is 0 Å². The second-order valence-electron chi connectivity index (χ2n) is 6.73. The number of aromatic amines is 1. The number of benzene rings is 2. The predicted octanol–water partition coefficient (Wildman–Crippen LogP) is 3.68. The van der Waals surface area contributed by atoms with Crippen molar-refractivity contribution in [2.24, 2.45) is 0 Å². The second-order valence-corrected chi connectivity index (χ2v) is 6.73. The van der Waals surface area contributed by atoms with Crippen molar-refractivity contribution in [2.45, 2.75) is 0 Å². The molecule has 3 N–H and O–H groups in total. The highest BCUT2D eigenvalue weighted by Crippen LogP contribution is 2.27. The Hall–Kier alpha value is -3.65. The van der Waals surface area contributed by atoms with Crippen LogP contribution < -0.4 is 15.5 Å². The van der Waals surface area contributed by atoms with Crippen LogP contribution in [0.15, 0.2) is 60.7 Å². The third-order valence-electron chi connectivity index (χ3n) is 4.70. The number of morpholine rings is 1. The molecule has 146 valence electrons. The highest BCUT2D eigenvalue weighted by molar-refractivity contribution is 5.87. The molecule has 4 aromatic rings. The van der Waals surface area contributed by atoms with Gasteiger partial charge in [-0.15, -0.1) is 0 Å². The van der Waals surface area contributed by atoms with Crippen molar-refractivity contribution in [3.05, 3.63) is 60.7 Å². The van der Waals surface area contributed by atoms with Crippen LogP contribution in [-0.4, -0.2) is 46.2 Å². The maximum Gasteiger partial charge on any atom is 0.231 e. The second kappa shape index (κ2) is 7.76. The first-order valence-corrected chi connectivity index (χ1v) is 9.60. The lowest BCUT2D eigenvalue weighted by Crippen LogP contribution is -2.37. The Morgan fingerprint density at radius 2 is 1.45 bits per heavy atom. The van der Waals surface area contributed by atoms with E-state index in [0.717, 1.165) is 35.8 Å². The maximum atomic E-state index is 5.50. The minimum Gasteiger partial charge on any atom is -0.378 e. The van der Waals surface area contributed by atoms with Gasteiger partial charge in [0.1, 0.15) is 0 Å². The maximum absolute atomic E-state index is 5.50. The Balaban J connectivity index is 1.54. The third-order valence-corrected chi connectivity index (χ3v) is 4.70. The standard InChI is InChI=1S/C21H21N7O/c1-3-7-15(8-4-1)22-20-24-17-18(25-20)26-21(23-16-9-5-2-6-10-16)27-19(17)28-11-13-29-14-12-28/h1-10H,11-14H2,(H3,22,23,24,25,26,27). The van der Waals surface area contributed by atoms with Crippen molar-refractivity contribution >= 4 is 40.3 Å². The molecule has 8 nitrogen and oxygen atoms in total. The topological polar surface area (TPSA) is 91.0 Å². The minimum absolute atomic E-state index is 0.528. The van der Waals surface area contributed by atoms with Crippen LogP contribution in [0.2, 0.25) is 0 Å². The molecule has 0 saturated carbocycles. The Labute approximate surface area is 168 Å². The summed E-state index contributed by atoms with van der Waals surface area (Å²) in [6, 6.07) is 19.8. The molecule has 2 aromatic carbocycles. The number of hydrogen-bond acceptors (Lipinski definition) is 7. The van der Waals surface area contributed by atoms with Gasteiger partial charge in [0.25, 0.3) is 0 Å². The number of aromatic nitrogens is 4. The van der Waals surface area contributed by atoms with Gasteiger partial charge >= 0.3 is 0 Å². The van der Waals surface area contributed by atoms with Crippen molar-refractivity contribution in [1.29, 1.82) is 0 Å². The van der Waals surface area contributed by atoms with Crippen LogP contribution in [0.3, 0.4) is 0 Å². The molecule has 3 heterocycles. The Kier molecular flexibility index (Phi) is 4.67. The molecule has 2 aromatic heterocycles. The largest absolute Gasteiger partial charge is 0.378 e. The number of ether oxygens (including phenoxy) is 1. The van der Waals surface area contributed by atoms with E-state index in [1.54, 1.807) is 0 Å². The average molecular weight is 387 g/mol. The van der Waals surface area contributed by atoms with Crippen molar-refractivity contribution in [3.8, 4) is 0 Å². The number of rotatable bonds is 5. The van der Waals surface area contributed by atoms with Crippen LogP contribution in [0.4, 0.5) is 29.1 Å². The Morgan fingerprint density at radius 3 is 2.14 bits per heavy atom. The number of hydrogen-bond donors (Lipinski definition) is 3. The van der Waals surface area contributed by atoms with E-state index in [1.807, 2.05) is 60.7 Å². The van der Waals surface area contributed by atoms with Crippen molar-refractivity contribution < 1.29 is 4.74 Å². The molecule has 0 amide bonds. The molecule has 1 aliphatic heterocycles. The molecule has 1 fully saturated rings. The lowest BCUT2D eigenvalue weighted by Gasteiger charge is -2.28. The van der Waals surface area contributed by atoms with E-state index >= 15 is 0 Å². The van der Waals surface area contributed by atoms with Crippen LogP contribution in [0.25, 0.3) is 11.2 Å². The van der Waals surface area contributed by atoms with Crippen LogP contribution in [0.1, 0.15) is 0 Å². The summed E-state index contributed by atoms with van der Waals surface area (Å²) < 4.78 is 5.50. The Bertz CT molecular complexity index is 1090. The molecule has 0 atom stereocenters. The summed E-state index contributed by atoms with van der Waals surface area (Å²) >= 11 is 0. The summed E-state index contributed by atoms with van der Waals surface area (Å²) in [4.78, 5) is 19.6. The van der Waals surface area contributed by atoms with Crippen molar-refractivity contribution in [1.82, 2.24) is 19.9 Å². The molecule has 0 aliphatic carbocycles. The first-order chi connectivity index (χ1) is 14.3. The van der Waals surface area contributed by atoms with Gasteiger partial charge in [0, 0.05) is 24.5 Å². The lowest BCUT2D eigenvalue weighted by atomic mass is 10.3. The van der Waals surface area contributed by atoms with Crippen LogP contribution >= 0.6 is 0 Å². The zero-order valence-corrected chi connectivity index (χ0v) is 15.8. The molecule has 8 heteroatoms. The number of imidazole rings is 1. The van der Waals surface area contributed by atoms with Crippen molar-refractivity contribution in [2.75, 3.05) is 41.8 Å². The highest BCUT2D eigenvalue weighted by atomic mass is 16.5. The SMILES string of the molecule is c1ccc(Nc2nc(N3CCOCC3)c3nc(Nc4ccccc4)[nH]c3n2)cc1. The predicted molar refractivity (Wildman–Crippen MR) is 114 cm³/mol. The molecular formula is C21H21N7O. The van der Waals surface area contributed by atoms with Gasteiger partial charge in [-0.3, -0.25) is 0 Å². The number of anilines is 5. The first-order valence-electron chi connectivity index (χ1n) is 9.60. The molecule has 29 heavy (non-hydrogen) atoms. The van der Waals surface area contributed by atoms with Gasteiger partial charge in [0.2, 0.25) is 11.9 Å². The van der Waals surface area contributed by atoms with E-state index in [1.165, 1.54) is 0 Å². The van der Waals surface area contributed by atoms with Crippen LogP contribution in [-0.2, 0) is 4.74 Å². The van der Waals surface area contributed by atoms with Gasteiger partial charge in [-0.05, 0) is 24.3 Å². The zero-order valence-electron chi connectivity index (χ0n) is 15.8. The smallest absolute Gasteiger partial charge is 0.231 e. The average Bonchev–Trinajstić information content (AvgIpc) is 3.17. The summed E-state index contributed by atoms with van der Waals surface area (Å²) in [5.41, 5.74) is 3.30. The Morgan fingerprint density at radius 1 is 0.793 bits per heavy atom. The first kappa shape index (κ1) is 17.4. The van der Waals surface area contributed by atoms with Gasteiger partial charge in [-0.2, -0.15) is 9.97 Å². The van der Waals surface area contributed by atoms with Gasteiger partial charge in [0.15, 0.2) is 17.0 Å². The summed E-state index contributed by atoms with van der Waals surface area (Å²) in [7, 11) is 0. The molecule has 1 aliphatic rings. The van der Waals surface area contributed by atoms with Gasteiger partial charge in [0.05, 0.1) is 13.2 Å². The fourth-order valence-electron chi connectivity index (χ4n) is 3.30. The van der Waals surface area contributed by atoms with E-state index in [2.05, 4.69) is 25.5 Å². The monoisotopic (exact) mass is 387 g/mol. The number of nitrogens with one attached hydrogen (secondary N) is 3. The minimum atomic E-state index is 0.528. The zero-order chi connectivity index (χ0) is 19.5. The van der Waals surface area contributed by atoms with Crippen molar-refractivity contribution in [3.63, 3.8) is 0 Å². The van der Waals surface area contributed by atoms with E-state index in [0.29, 0.717) is 30.8 Å². The molecule has 0 radical (unpaired) electrons. The summed E-state index contributed by atoms with van der Waals surface area (Å²) in [5.74, 6) is 1.96. The summed E-state index contributed by atoms with van der Waals surface area (Å²) in [5, 5.41) is 6.58. The molecule has 0 unspecified atom stereocenters. The fraction of sp³-hybridized carbons (Fsp3) is 0.190. The quantitative estimate of drug-likeness (QED) is 0.481. The summed E-state index contributed by atoms with van der Waals surface area (Å²) in [6.45, 7) is 2.88. The highest BCUT2D eigenvalue weighted by Gasteiger charge is 2.20. The number of nitrogens with zero attached hydrogens (tertiary/aromatic N) is 4. The van der Waals surface area contributed by atoms with Gasteiger partial charge < -0.3 is 25.3 Å². The lowest BCUT2D eigenvalue weighted by molar-refractivity contribution is 0.122. The van der Waals surface area contributed by atoms with Gasteiger partial charge in [-0.1, -0.05) is 36.4 Å². The normalized spacial score (nSPS) is 14.1. The summed E-state index contributed by atoms with van der Waals surface area (Å²) in [6.07, 6.45) is 0.